The first-order valence-electron chi connectivity index (χ1n) is 12.2. The van der Waals surface area contributed by atoms with E-state index in [4.69, 9.17) is 14.2 Å². The highest BCUT2D eigenvalue weighted by molar-refractivity contribution is 6.10. The van der Waals surface area contributed by atoms with Crippen molar-refractivity contribution in [3.63, 3.8) is 0 Å². The third-order valence-corrected chi connectivity index (χ3v) is 6.63. The van der Waals surface area contributed by atoms with Crippen LogP contribution in [0.15, 0.2) is 36.4 Å². The molecule has 2 aromatic carbocycles. The lowest BCUT2D eigenvalue weighted by atomic mass is 10.1. The summed E-state index contributed by atoms with van der Waals surface area (Å²) in [6, 6.07) is 10.5. The Labute approximate surface area is 211 Å². The summed E-state index contributed by atoms with van der Waals surface area (Å²) in [5, 5.41) is 2.88. The van der Waals surface area contributed by atoms with Crippen molar-refractivity contribution in [2.45, 2.75) is 44.7 Å². The van der Waals surface area contributed by atoms with E-state index in [1.165, 1.54) is 7.11 Å². The summed E-state index contributed by atoms with van der Waals surface area (Å²) in [6.07, 6.45) is 3.23. The van der Waals surface area contributed by atoms with Crippen molar-refractivity contribution in [3.8, 4) is 17.2 Å². The van der Waals surface area contributed by atoms with Crippen molar-refractivity contribution in [1.82, 2.24) is 9.80 Å². The van der Waals surface area contributed by atoms with E-state index in [0.717, 1.165) is 17.7 Å². The molecule has 2 aromatic rings. The van der Waals surface area contributed by atoms with Gasteiger partial charge >= 0.3 is 0 Å². The van der Waals surface area contributed by atoms with E-state index in [0.29, 0.717) is 68.1 Å². The van der Waals surface area contributed by atoms with Gasteiger partial charge in [-0.3, -0.25) is 14.4 Å². The Bertz CT molecular complexity index is 1130. The molecule has 0 bridgehead atoms. The monoisotopic (exact) mass is 495 g/mol. The van der Waals surface area contributed by atoms with Crippen LogP contribution < -0.4 is 19.5 Å². The summed E-state index contributed by atoms with van der Waals surface area (Å²) in [5.41, 5.74) is 1.85. The molecule has 2 aliphatic heterocycles. The van der Waals surface area contributed by atoms with Crippen molar-refractivity contribution in [2.24, 2.45) is 0 Å². The molecule has 3 amide bonds. The molecule has 1 N–H and O–H groups in total. The van der Waals surface area contributed by atoms with Gasteiger partial charge in [0.2, 0.25) is 11.8 Å². The van der Waals surface area contributed by atoms with Gasteiger partial charge in [-0.05, 0) is 49.4 Å². The minimum Gasteiger partial charge on any atom is -0.497 e. The van der Waals surface area contributed by atoms with Crippen molar-refractivity contribution in [3.05, 3.63) is 47.5 Å². The number of amides is 3. The second kappa shape index (κ2) is 11.3. The third-order valence-electron chi connectivity index (χ3n) is 6.63. The standard InChI is InChI=1S/C27H33N3O6/c1-29(17-18-8-6-9-19(14-18)34-2)25(31)11-4-5-13-36-24-16-21-20(15-23(24)35-3)27(33)30-12-7-10-22(30)26(32)28-21/h6,8-9,14-16,22H,4-5,7,10-13,17H2,1-3H3,(H,28,32)/t22-/m0/s1. The first kappa shape index (κ1) is 25.3. The van der Waals surface area contributed by atoms with Crippen molar-refractivity contribution < 1.29 is 28.6 Å². The summed E-state index contributed by atoms with van der Waals surface area (Å²) < 4.78 is 16.6. The van der Waals surface area contributed by atoms with Crippen molar-refractivity contribution in [2.75, 3.05) is 39.7 Å². The molecule has 0 spiro atoms. The average Bonchev–Trinajstić information content (AvgIpc) is 3.35. The molecule has 192 valence electrons. The predicted molar refractivity (Wildman–Crippen MR) is 134 cm³/mol. The molecule has 1 atom stereocenters. The topological polar surface area (TPSA) is 97.4 Å². The number of carbonyl (C=O) groups excluding carboxylic acids is 3. The highest BCUT2D eigenvalue weighted by atomic mass is 16.5. The fraction of sp³-hybridized carbons (Fsp3) is 0.444. The van der Waals surface area contributed by atoms with Crippen LogP contribution >= 0.6 is 0 Å². The molecule has 9 heteroatoms. The summed E-state index contributed by atoms with van der Waals surface area (Å²) in [4.78, 5) is 41.5. The first-order valence-corrected chi connectivity index (χ1v) is 12.2. The number of anilines is 1. The maximum Gasteiger partial charge on any atom is 0.256 e. The number of hydrogen-bond acceptors (Lipinski definition) is 6. The molecule has 0 aliphatic carbocycles. The highest BCUT2D eigenvalue weighted by Gasteiger charge is 2.39. The number of hydrogen-bond donors (Lipinski definition) is 1. The number of nitrogens with zero attached hydrogens (tertiary/aromatic N) is 2. The fourth-order valence-electron chi connectivity index (χ4n) is 4.65. The van der Waals surface area contributed by atoms with Crippen LogP contribution in [-0.4, -0.2) is 68.0 Å². The lowest BCUT2D eigenvalue weighted by Gasteiger charge is -2.20. The maximum atomic E-state index is 13.0. The van der Waals surface area contributed by atoms with Crippen LogP contribution in [0.4, 0.5) is 5.69 Å². The zero-order valence-corrected chi connectivity index (χ0v) is 21.0. The van der Waals surface area contributed by atoms with Crippen LogP contribution in [0, 0.1) is 0 Å². The lowest BCUT2D eigenvalue weighted by molar-refractivity contribution is -0.130. The van der Waals surface area contributed by atoms with Gasteiger partial charge in [-0.15, -0.1) is 0 Å². The molecule has 2 heterocycles. The van der Waals surface area contributed by atoms with Gasteiger partial charge < -0.3 is 29.3 Å². The van der Waals surface area contributed by atoms with Crippen molar-refractivity contribution in [1.29, 1.82) is 0 Å². The van der Waals surface area contributed by atoms with E-state index in [9.17, 15) is 14.4 Å². The van der Waals surface area contributed by atoms with Gasteiger partial charge in [0.05, 0.1) is 32.1 Å². The number of methoxy groups -OCH3 is 2. The quantitative estimate of drug-likeness (QED) is 0.507. The summed E-state index contributed by atoms with van der Waals surface area (Å²) in [5.74, 6) is 1.36. The zero-order chi connectivity index (χ0) is 25.7. The fourth-order valence-corrected chi connectivity index (χ4v) is 4.65. The van der Waals surface area contributed by atoms with Gasteiger partial charge in [-0.2, -0.15) is 0 Å². The third kappa shape index (κ3) is 5.56. The van der Waals surface area contributed by atoms with Gasteiger partial charge in [0, 0.05) is 32.6 Å². The van der Waals surface area contributed by atoms with E-state index in [-0.39, 0.29) is 17.7 Å². The number of benzene rings is 2. The van der Waals surface area contributed by atoms with E-state index in [2.05, 4.69) is 5.32 Å². The lowest BCUT2D eigenvalue weighted by Crippen LogP contribution is -2.40. The largest absolute Gasteiger partial charge is 0.497 e. The second-order valence-electron chi connectivity index (χ2n) is 9.10. The SMILES string of the molecule is COc1cccc(CN(C)C(=O)CCCCOc2cc3c(cc2OC)C(=O)N2CCC[C@H]2C(=O)N3)c1. The Kier molecular flexibility index (Phi) is 7.97. The molecule has 0 saturated carbocycles. The summed E-state index contributed by atoms with van der Waals surface area (Å²) in [7, 11) is 4.93. The normalized spacial score (nSPS) is 16.5. The van der Waals surface area contributed by atoms with Gasteiger partial charge in [-0.25, -0.2) is 0 Å². The van der Waals surface area contributed by atoms with Gasteiger partial charge in [-0.1, -0.05) is 12.1 Å². The molecule has 36 heavy (non-hydrogen) atoms. The van der Waals surface area contributed by atoms with E-state index in [1.807, 2.05) is 24.3 Å². The minimum absolute atomic E-state index is 0.0576. The minimum atomic E-state index is -0.431. The van der Waals surface area contributed by atoms with E-state index in [1.54, 1.807) is 36.1 Å². The highest BCUT2D eigenvalue weighted by Crippen LogP contribution is 2.37. The molecule has 9 nitrogen and oxygen atoms in total. The van der Waals surface area contributed by atoms with Gasteiger partial charge in [0.1, 0.15) is 11.8 Å². The van der Waals surface area contributed by atoms with Crippen LogP contribution in [0.25, 0.3) is 0 Å². The van der Waals surface area contributed by atoms with Crippen molar-refractivity contribution >= 4 is 23.4 Å². The molecule has 4 rings (SSSR count). The molecule has 1 fully saturated rings. The predicted octanol–water partition coefficient (Wildman–Crippen LogP) is 3.47. The number of carbonyl (C=O) groups is 3. The first-order chi connectivity index (χ1) is 17.4. The molecule has 0 aromatic heterocycles. The molecular formula is C27H33N3O6. The molecular weight excluding hydrogens is 462 g/mol. The number of ether oxygens (including phenoxy) is 3. The smallest absolute Gasteiger partial charge is 0.256 e. The van der Waals surface area contributed by atoms with Gasteiger partial charge in [0.15, 0.2) is 11.5 Å². The van der Waals surface area contributed by atoms with Crippen LogP contribution in [0.3, 0.4) is 0 Å². The van der Waals surface area contributed by atoms with E-state index < -0.39 is 6.04 Å². The number of fused-ring (bicyclic) bond motifs is 2. The summed E-state index contributed by atoms with van der Waals surface area (Å²) in [6.45, 7) is 1.46. The molecule has 2 aliphatic rings. The maximum absolute atomic E-state index is 13.0. The molecule has 0 unspecified atom stereocenters. The Balaban J connectivity index is 1.30. The van der Waals surface area contributed by atoms with Crippen LogP contribution in [0.2, 0.25) is 0 Å². The Morgan fingerprint density at radius 3 is 2.72 bits per heavy atom. The second-order valence-corrected chi connectivity index (χ2v) is 9.10. The van der Waals surface area contributed by atoms with Crippen LogP contribution in [0.5, 0.6) is 17.2 Å². The number of nitrogens with one attached hydrogen (secondary N) is 1. The molecule has 1 saturated heterocycles. The Hall–Kier alpha value is -3.75. The van der Waals surface area contributed by atoms with E-state index >= 15 is 0 Å². The zero-order valence-electron chi connectivity index (χ0n) is 21.0. The number of rotatable bonds is 10. The Morgan fingerprint density at radius 2 is 1.94 bits per heavy atom. The van der Waals surface area contributed by atoms with Crippen LogP contribution in [-0.2, 0) is 16.1 Å². The number of unbranched alkanes of at least 4 members (excludes halogenated alkanes) is 1. The summed E-state index contributed by atoms with van der Waals surface area (Å²) >= 11 is 0. The molecule has 0 radical (unpaired) electrons. The average molecular weight is 496 g/mol. The van der Waals surface area contributed by atoms with Gasteiger partial charge in [0.25, 0.3) is 5.91 Å². The van der Waals surface area contributed by atoms with Crippen LogP contribution in [0.1, 0.15) is 48.0 Å². The Morgan fingerprint density at radius 1 is 1.11 bits per heavy atom.